The summed E-state index contributed by atoms with van der Waals surface area (Å²) in [6.45, 7) is 2.38. The van der Waals surface area contributed by atoms with Crippen LogP contribution in [0, 0.1) is 0 Å². The topological polar surface area (TPSA) is 0 Å². The van der Waals surface area contributed by atoms with E-state index in [1.807, 2.05) is 0 Å². The number of benzene rings is 6. The minimum absolute atomic E-state index is 0. The van der Waals surface area contributed by atoms with Crippen LogP contribution in [0.2, 0.25) is 0 Å². The fraction of sp³-hybridized carbons (Fsp3) is 0.0476. The molecule has 0 heterocycles. The average Bonchev–Trinajstić information content (AvgIpc) is 3.81. The van der Waals surface area contributed by atoms with Crippen LogP contribution < -0.4 is 6.54 Å². The molecule has 0 aliphatic heterocycles. The fourth-order valence-corrected chi connectivity index (χ4v) is 28.7. The summed E-state index contributed by atoms with van der Waals surface area (Å²) in [7, 11) is 0. The number of fused-ring (bicyclic) bond motifs is 2. The Morgan fingerprint density at radius 3 is 1.22 bits per heavy atom. The van der Waals surface area contributed by atoms with Gasteiger partial charge < -0.3 is 0 Å². The van der Waals surface area contributed by atoms with Crippen molar-refractivity contribution in [3.8, 4) is 0 Å². The number of hydrogen-bond acceptors (Lipinski definition) is 0. The average molecular weight is 731 g/mol. The third-order valence-electron chi connectivity index (χ3n) is 10.2. The van der Waals surface area contributed by atoms with E-state index < -0.39 is 17.4 Å². The third kappa shape index (κ3) is 4.99. The van der Waals surface area contributed by atoms with Crippen LogP contribution in [0.5, 0.6) is 0 Å². The molecule has 2 aliphatic rings. The number of allylic oxidation sites excluding steroid dienone is 8. The molecule has 226 valence electrons. The van der Waals surface area contributed by atoms with Gasteiger partial charge in [-0.3, -0.25) is 0 Å². The van der Waals surface area contributed by atoms with Gasteiger partial charge in [0.05, 0.1) is 0 Å². The molecule has 4 heteroatoms. The van der Waals surface area contributed by atoms with Crippen molar-refractivity contribution in [1.29, 1.82) is 0 Å². The summed E-state index contributed by atoms with van der Waals surface area (Å²) < 4.78 is 6.31. The summed E-state index contributed by atoms with van der Waals surface area (Å²) in [4.78, 5) is 0. The first kappa shape index (κ1) is 32.4. The molecule has 0 saturated carbocycles. The molecule has 0 aromatic heterocycles. The second kappa shape index (κ2) is 12.9. The molecule has 2 aliphatic carbocycles. The normalized spacial score (nSPS) is 14.5. The zero-order valence-electron chi connectivity index (χ0n) is 25.6. The van der Waals surface area contributed by atoms with E-state index in [1.165, 1.54) is 50.4 Å². The Labute approximate surface area is 286 Å². The molecule has 6 aromatic rings. The van der Waals surface area contributed by atoms with Crippen molar-refractivity contribution < 1.29 is 17.4 Å². The predicted octanol–water partition coefficient (Wildman–Crippen LogP) is 9.77. The van der Waals surface area contributed by atoms with E-state index in [-0.39, 0.29) is 24.8 Å². The van der Waals surface area contributed by atoms with Crippen LogP contribution in [0.25, 0.3) is 32.7 Å². The van der Waals surface area contributed by atoms with E-state index in [0.717, 1.165) is 12.8 Å². The van der Waals surface area contributed by atoms with Crippen molar-refractivity contribution in [2.45, 2.75) is 12.8 Å². The van der Waals surface area contributed by atoms with E-state index in [2.05, 4.69) is 177 Å². The van der Waals surface area contributed by atoms with Gasteiger partial charge in [-0.2, -0.15) is 0 Å². The van der Waals surface area contributed by atoms with Gasteiger partial charge in [0.1, 0.15) is 0 Å². The van der Waals surface area contributed by atoms with Crippen LogP contribution in [0.4, 0.5) is 0 Å². The van der Waals surface area contributed by atoms with Crippen LogP contribution in [0.3, 0.4) is 0 Å². The zero-order valence-corrected chi connectivity index (χ0v) is 31.1. The van der Waals surface area contributed by atoms with E-state index in [0.29, 0.717) is 0 Å². The predicted molar refractivity (Wildman–Crippen MR) is 204 cm³/mol. The van der Waals surface area contributed by atoms with Gasteiger partial charge in [0.25, 0.3) is 0 Å². The van der Waals surface area contributed by atoms with E-state index in [9.17, 15) is 0 Å². The van der Waals surface area contributed by atoms with Gasteiger partial charge in [0, 0.05) is 0 Å². The summed E-state index contributed by atoms with van der Waals surface area (Å²) in [5.41, 5.74) is 5.38. The van der Waals surface area contributed by atoms with Gasteiger partial charge in [-0.05, 0) is 0 Å². The number of rotatable bonds is 6. The monoisotopic (exact) mass is 728 g/mol. The Balaban J connectivity index is 0.00000186. The van der Waals surface area contributed by atoms with Crippen LogP contribution in [0.15, 0.2) is 176 Å². The first-order chi connectivity index (χ1) is 21.6. The molecule has 6 aromatic carbocycles. The van der Waals surface area contributed by atoms with Crippen LogP contribution in [-0.2, 0) is 17.4 Å². The second-order valence-corrected chi connectivity index (χ2v) is 33.8. The van der Waals surface area contributed by atoms with Crippen LogP contribution in [-0.4, -0.2) is 6.88 Å². The van der Waals surface area contributed by atoms with Gasteiger partial charge in [0.15, 0.2) is 0 Å². The Morgan fingerprint density at radius 1 is 0.413 bits per heavy atom. The maximum atomic E-state index is 2.59. The Morgan fingerprint density at radius 2 is 0.783 bits per heavy atom. The van der Waals surface area contributed by atoms with Crippen molar-refractivity contribution in [2.75, 3.05) is 0 Å². The fourth-order valence-electron chi connectivity index (χ4n) is 7.88. The third-order valence-corrected chi connectivity index (χ3v) is 37.0. The van der Waals surface area contributed by atoms with E-state index in [4.69, 9.17) is 0 Å². The number of hydrogen-bond donors (Lipinski definition) is 0. The molecule has 0 spiro atoms. The summed E-state index contributed by atoms with van der Waals surface area (Å²) in [6, 6.07) is 54.1. The molecule has 0 amide bonds. The molecule has 0 radical (unpaired) electrons. The SMILES string of the molecule is Cl.Cl.[SiH2]=[Zr]([C]1=CC(c2cccc3ccccc23)=CC1)([C]1=CC(c2cccc3ccccc23)=CC1)([c]1ccccc1)[c]1ccccc1. The summed E-state index contributed by atoms with van der Waals surface area (Å²) in [5.74, 6) is 0. The molecular formula is C42H36Cl2SiZr. The van der Waals surface area contributed by atoms with Crippen molar-refractivity contribution >= 4 is 70.9 Å². The molecular weight excluding hydrogens is 695 g/mol. The van der Waals surface area contributed by atoms with Crippen molar-refractivity contribution in [3.05, 3.63) is 188 Å². The molecule has 0 bridgehead atoms. The summed E-state index contributed by atoms with van der Waals surface area (Å²) in [6.07, 6.45) is 12.2. The van der Waals surface area contributed by atoms with Gasteiger partial charge >= 0.3 is 264 Å². The van der Waals surface area contributed by atoms with E-state index in [1.54, 1.807) is 6.56 Å². The summed E-state index contributed by atoms with van der Waals surface area (Å²) in [5, 5.41) is 5.24. The van der Waals surface area contributed by atoms with Gasteiger partial charge in [-0.1, -0.05) is 0 Å². The minimum atomic E-state index is -4.37. The molecule has 0 fully saturated rings. The van der Waals surface area contributed by atoms with Gasteiger partial charge in [0.2, 0.25) is 0 Å². The van der Waals surface area contributed by atoms with Crippen molar-refractivity contribution in [2.24, 2.45) is 0 Å². The molecule has 46 heavy (non-hydrogen) atoms. The van der Waals surface area contributed by atoms with Gasteiger partial charge in [-0.15, -0.1) is 24.8 Å². The molecule has 0 saturated heterocycles. The molecule has 0 atom stereocenters. The summed E-state index contributed by atoms with van der Waals surface area (Å²) >= 11 is -4.37. The second-order valence-electron chi connectivity index (χ2n) is 12.3. The molecule has 0 nitrogen and oxygen atoms in total. The molecule has 0 unspecified atom stereocenters. The maximum absolute atomic E-state index is 4.37. The molecule has 8 rings (SSSR count). The van der Waals surface area contributed by atoms with Crippen molar-refractivity contribution in [3.63, 3.8) is 0 Å². The quantitative estimate of drug-likeness (QED) is 0.150. The standard InChI is InChI=1S/2C15H11.2C6H5.2ClH.H2Si.Zr/c2*1-2-7-12(6-1)15-11-5-9-13-8-3-4-10-14(13)15;2*1-2-4-6-5-3-1;;;;/h2*3-11H,1H2;2*1-5H;2*1H;1H2;. The zero-order chi connectivity index (χ0) is 29.6. The first-order valence-corrected chi connectivity index (χ1v) is 26.4. The van der Waals surface area contributed by atoms with Crippen LogP contribution >= 0.6 is 24.8 Å². The van der Waals surface area contributed by atoms with Crippen molar-refractivity contribution in [1.82, 2.24) is 0 Å². The number of halogens is 2. The first-order valence-electron chi connectivity index (χ1n) is 15.6. The van der Waals surface area contributed by atoms with E-state index >= 15 is 0 Å². The molecule has 0 N–H and O–H groups in total. The Hall–Kier alpha value is -3.52. The Kier molecular flexibility index (Phi) is 9.12. The van der Waals surface area contributed by atoms with Crippen LogP contribution in [0.1, 0.15) is 24.0 Å². The van der Waals surface area contributed by atoms with Gasteiger partial charge in [-0.25, -0.2) is 0 Å². The Bertz CT molecular complexity index is 2100.